The molecule has 1 aliphatic rings. The molecular weight excluding hydrogens is 230 g/mol. The number of morpholine rings is 1. The summed E-state index contributed by atoms with van der Waals surface area (Å²) < 4.78 is 5.26. The molecule has 1 amide bonds. The second-order valence-electron chi connectivity index (χ2n) is 4.94. The van der Waals surface area contributed by atoms with Crippen molar-refractivity contribution in [2.75, 3.05) is 46.4 Å². The normalized spacial score (nSPS) is 18.1. The Hall–Kier alpha value is -0.650. The minimum absolute atomic E-state index is 0.0408. The van der Waals surface area contributed by atoms with Crippen LogP contribution in [0.2, 0.25) is 0 Å². The average Bonchev–Trinajstić information content (AvgIpc) is 2.42. The Kier molecular flexibility index (Phi) is 7.23. The third kappa shape index (κ3) is 4.92. The lowest BCUT2D eigenvalue weighted by molar-refractivity contribution is -0.140. The Morgan fingerprint density at radius 3 is 2.61 bits per heavy atom. The molecule has 1 unspecified atom stereocenters. The Bertz CT molecular complexity index is 242. The van der Waals surface area contributed by atoms with Crippen LogP contribution in [0, 0.1) is 0 Å². The zero-order chi connectivity index (χ0) is 13.4. The van der Waals surface area contributed by atoms with Crippen LogP contribution < -0.4 is 5.73 Å². The standard InChI is InChI=1S/C13H27N3O2/c1-12(15(2)7-5-3-4-6-14)13(17)16-8-10-18-11-9-16/h12H,3-11,14H2,1-2H3. The van der Waals surface area contributed by atoms with Crippen LogP contribution >= 0.6 is 0 Å². The van der Waals surface area contributed by atoms with Gasteiger partial charge in [-0.2, -0.15) is 0 Å². The Morgan fingerprint density at radius 1 is 1.33 bits per heavy atom. The van der Waals surface area contributed by atoms with Crippen molar-refractivity contribution >= 4 is 5.91 Å². The van der Waals surface area contributed by atoms with E-state index in [1.807, 2.05) is 18.9 Å². The highest BCUT2D eigenvalue weighted by Gasteiger charge is 2.24. The highest BCUT2D eigenvalue weighted by atomic mass is 16.5. The maximum Gasteiger partial charge on any atom is 0.239 e. The van der Waals surface area contributed by atoms with Crippen molar-refractivity contribution in [3.8, 4) is 0 Å². The van der Waals surface area contributed by atoms with Crippen molar-refractivity contribution in [2.45, 2.75) is 32.2 Å². The van der Waals surface area contributed by atoms with Crippen LogP contribution in [0.25, 0.3) is 0 Å². The highest BCUT2D eigenvalue weighted by Crippen LogP contribution is 2.06. The van der Waals surface area contributed by atoms with E-state index in [-0.39, 0.29) is 11.9 Å². The molecule has 0 aromatic heterocycles. The second-order valence-corrected chi connectivity index (χ2v) is 4.94. The number of carbonyl (C=O) groups excluding carboxylic acids is 1. The van der Waals surface area contributed by atoms with Gasteiger partial charge in [0.15, 0.2) is 0 Å². The van der Waals surface area contributed by atoms with E-state index in [4.69, 9.17) is 10.5 Å². The number of amides is 1. The van der Waals surface area contributed by atoms with Gasteiger partial charge in [0.1, 0.15) is 0 Å². The van der Waals surface area contributed by atoms with Crippen LogP contribution in [0.15, 0.2) is 0 Å². The average molecular weight is 257 g/mol. The first-order chi connectivity index (χ1) is 8.66. The van der Waals surface area contributed by atoms with Gasteiger partial charge >= 0.3 is 0 Å². The van der Waals surface area contributed by atoms with Gasteiger partial charge in [0.2, 0.25) is 5.91 Å². The number of carbonyl (C=O) groups is 1. The molecule has 1 aliphatic heterocycles. The van der Waals surface area contributed by atoms with Crippen molar-refractivity contribution < 1.29 is 9.53 Å². The predicted molar refractivity (Wildman–Crippen MR) is 72.4 cm³/mol. The van der Waals surface area contributed by atoms with E-state index < -0.39 is 0 Å². The van der Waals surface area contributed by atoms with Gasteiger partial charge in [0.05, 0.1) is 19.3 Å². The van der Waals surface area contributed by atoms with Crippen molar-refractivity contribution in [1.29, 1.82) is 0 Å². The number of nitrogens with two attached hydrogens (primary N) is 1. The van der Waals surface area contributed by atoms with E-state index in [0.29, 0.717) is 13.2 Å². The number of hydrogen-bond donors (Lipinski definition) is 1. The molecule has 5 heteroatoms. The summed E-state index contributed by atoms with van der Waals surface area (Å²) in [7, 11) is 2.02. The molecular formula is C13H27N3O2. The van der Waals surface area contributed by atoms with Gasteiger partial charge in [0.25, 0.3) is 0 Å². The first-order valence-corrected chi connectivity index (χ1v) is 6.93. The fourth-order valence-electron chi connectivity index (χ4n) is 2.11. The van der Waals surface area contributed by atoms with Gasteiger partial charge in [-0.15, -0.1) is 0 Å². The molecule has 0 aromatic rings. The Labute approximate surface area is 110 Å². The van der Waals surface area contributed by atoms with Crippen molar-refractivity contribution in [3.05, 3.63) is 0 Å². The summed E-state index contributed by atoms with van der Waals surface area (Å²) in [5.41, 5.74) is 5.46. The SMILES string of the molecule is CC(C(=O)N1CCOCC1)N(C)CCCCCN. The summed E-state index contributed by atoms with van der Waals surface area (Å²) in [4.78, 5) is 16.3. The fraction of sp³-hybridized carbons (Fsp3) is 0.923. The number of ether oxygens (including phenoxy) is 1. The summed E-state index contributed by atoms with van der Waals surface area (Å²) in [6.07, 6.45) is 3.31. The van der Waals surface area contributed by atoms with E-state index in [0.717, 1.165) is 45.4 Å². The molecule has 5 nitrogen and oxygen atoms in total. The molecule has 1 heterocycles. The lowest BCUT2D eigenvalue weighted by Crippen LogP contribution is -2.49. The highest BCUT2D eigenvalue weighted by molar-refractivity contribution is 5.81. The van der Waals surface area contributed by atoms with E-state index >= 15 is 0 Å². The zero-order valence-corrected chi connectivity index (χ0v) is 11.7. The van der Waals surface area contributed by atoms with Gasteiger partial charge in [-0.25, -0.2) is 0 Å². The van der Waals surface area contributed by atoms with Crippen LogP contribution in [-0.2, 0) is 9.53 Å². The molecule has 0 saturated carbocycles. The first-order valence-electron chi connectivity index (χ1n) is 6.93. The summed E-state index contributed by atoms with van der Waals surface area (Å²) in [5.74, 6) is 0.222. The van der Waals surface area contributed by atoms with Crippen molar-refractivity contribution in [1.82, 2.24) is 9.80 Å². The molecule has 2 N–H and O–H groups in total. The molecule has 1 atom stereocenters. The van der Waals surface area contributed by atoms with Gasteiger partial charge in [-0.1, -0.05) is 6.42 Å². The minimum Gasteiger partial charge on any atom is -0.378 e. The molecule has 106 valence electrons. The van der Waals surface area contributed by atoms with Gasteiger partial charge in [0, 0.05) is 13.1 Å². The maximum absolute atomic E-state index is 12.2. The Morgan fingerprint density at radius 2 is 2.00 bits per heavy atom. The lowest BCUT2D eigenvalue weighted by atomic mass is 10.2. The van der Waals surface area contributed by atoms with Gasteiger partial charge in [-0.05, 0) is 39.9 Å². The van der Waals surface area contributed by atoms with Crippen LogP contribution in [0.5, 0.6) is 0 Å². The summed E-state index contributed by atoms with van der Waals surface area (Å²) in [6.45, 7) is 6.48. The third-order valence-electron chi connectivity index (χ3n) is 3.56. The molecule has 18 heavy (non-hydrogen) atoms. The maximum atomic E-state index is 12.2. The number of rotatable bonds is 7. The lowest BCUT2D eigenvalue weighted by Gasteiger charge is -2.32. The van der Waals surface area contributed by atoms with Crippen LogP contribution in [0.3, 0.4) is 0 Å². The smallest absolute Gasteiger partial charge is 0.239 e. The zero-order valence-electron chi connectivity index (χ0n) is 11.7. The van der Waals surface area contributed by atoms with Crippen LogP contribution in [0.4, 0.5) is 0 Å². The van der Waals surface area contributed by atoms with E-state index in [1.165, 1.54) is 0 Å². The van der Waals surface area contributed by atoms with E-state index in [9.17, 15) is 4.79 Å². The van der Waals surface area contributed by atoms with Crippen molar-refractivity contribution in [2.24, 2.45) is 5.73 Å². The quantitative estimate of drug-likeness (QED) is 0.666. The van der Waals surface area contributed by atoms with E-state index in [1.54, 1.807) is 0 Å². The van der Waals surface area contributed by atoms with Crippen molar-refractivity contribution in [3.63, 3.8) is 0 Å². The third-order valence-corrected chi connectivity index (χ3v) is 3.56. The molecule has 1 rings (SSSR count). The minimum atomic E-state index is -0.0408. The Balaban J connectivity index is 2.27. The predicted octanol–water partition coefficient (Wildman–Crippen LogP) is 0.295. The topological polar surface area (TPSA) is 58.8 Å². The molecule has 1 fully saturated rings. The number of nitrogens with zero attached hydrogens (tertiary/aromatic N) is 2. The molecule has 0 aliphatic carbocycles. The number of likely N-dealkylation sites (N-methyl/N-ethyl adjacent to an activating group) is 1. The summed E-state index contributed by atoms with van der Waals surface area (Å²) in [5, 5.41) is 0. The summed E-state index contributed by atoms with van der Waals surface area (Å²) in [6, 6.07) is -0.0408. The fourth-order valence-corrected chi connectivity index (χ4v) is 2.11. The summed E-state index contributed by atoms with van der Waals surface area (Å²) >= 11 is 0. The second kappa shape index (κ2) is 8.45. The van der Waals surface area contributed by atoms with Crippen LogP contribution in [0.1, 0.15) is 26.2 Å². The molecule has 0 radical (unpaired) electrons. The number of unbranched alkanes of at least 4 members (excludes halogenated alkanes) is 2. The van der Waals surface area contributed by atoms with E-state index in [2.05, 4.69) is 4.90 Å². The molecule has 1 saturated heterocycles. The molecule has 0 aromatic carbocycles. The molecule has 0 spiro atoms. The monoisotopic (exact) mass is 257 g/mol. The van der Waals surface area contributed by atoms with Gasteiger partial charge in [-0.3, -0.25) is 9.69 Å². The largest absolute Gasteiger partial charge is 0.378 e. The molecule has 0 bridgehead atoms. The number of hydrogen-bond acceptors (Lipinski definition) is 4. The van der Waals surface area contributed by atoms with Gasteiger partial charge < -0.3 is 15.4 Å². The first kappa shape index (κ1) is 15.4. The van der Waals surface area contributed by atoms with Crippen LogP contribution in [-0.4, -0.2) is 68.2 Å².